The molecule has 8 nitrogen and oxygen atoms in total. The summed E-state index contributed by atoms with van der Waals surface area (Å²) in [7, 11) is -2.13. The Bertz CT molecular complexity index is 900. The fraction of sp³-hybridized carbons (Fsp3) is 0.375. The fourth-order valence-electron chi connectivity index (χ4n) is 2.89. The van der Waals surface area contributed by atoms with Gasteiger partial charge in [-0.25, -0.2) is 18.1 Å². The number of nitrogens with one attached hydrogen (secondary N) is 1. The number of benzene rings is 1. The quantitative estimate of drug-likeness (QED) is 0.772. The number of nitrogen functional groups attached to an aromatic ring is 1. The minimum absolute atomic E-state index is 0.0939. The molecular formula is C16H21N5O3S. The van der Waals surface area contributed by atoms with Gasteiger partial charge < -0.3 is 15.2 Å². The number of hydrogen-bond acceptors (Lipinski definition) is 5. The van der Waals surface area contributed by atoms with Crippen LogP contribution in [0.25, 0.3) is 0 Å². The van der Waals surface area contributed by atoms with Gasteiger partial charge in [-0.3, -0.25) is 4.79 Å². The van der Waals surface area contributed by atoms with Crippen LogP contribution in [-0.4, -0.2) is 37.0 Å². The highest BCUT2D eigenvalue weighted by atomic mass is 32.2. The number of carbonyl (C=O) groups excluding carboxylic acids is 1. The van der Waals surface area contributed by atoms with Crippen LogP contribution in [-0.2, 0) is 28.3 Å². The SMILES string of the molecule is Cc1nc(S(=O)(=O)NCC(=O)N2CCCc3c(N)cccc32)cn1C. The lowest BCUT2D eigenvalue weighted by atomic mass is 10.00. The van der Waals surface area contributed by atoms with Crippen LogP contribution >= 0.6 is 0 Å². The molecule has 0 bridgehead atoms. The number of sulfonamides is 1. The Kier molecular flexibility index (Phi) is 4.53. The Balaban J connectivity index is 1.75. The second-order valence-corrected chi connectivity index (χ2v) is 7.77. The second kappa shape index (κ2) is 6.49. The van der Waals surface area contributed by atoms with Gasteiger partial charge in [-0.2, -0.15) is 0 Å². The molecule has 2 aromatic rings. The van der Waals surface area contributed by atoms with Gasteiger partial charge in [0.15, 0.2) is 5.03 Å². The van der Waals surface area contributed by atoms with Crippen molar-refractivity contribution in [1.82, 2.24) is 14.3 Å². The smallest absolute Gasteiger partial charge is 0.260 e. The van der Waals surface area contributed by atoms with Gasteiger partial charge in [-0.15, -0.1) is 0 Å². The van der Waals surface area contributed by atoms with E-state index in [1.807, 2.05) is 6.07 Å². The van der Waals surface area contributed by atoms with E-state index in [2.05, 4.69) is 9.71 Å². The molecule has 0 saturated heterocycles. The molecule has 25 heavy (non-hydrogen) atoms. The zero-order valence-corrected chi connectivity index (χ0v) is 15.0. The molecule has 0 aliphatic carbocycles. The van der Waals surface area contributed by atoms with Crippen molar-refractivity contribution in [1.29, 1.82) is 0 Å². The summed E-state index contributed by atoms with van der Waals surface area (Å²) in [6, 6.07) is 5.43. The van der Waals surface area contributed by atoms with Crippen molar-refractivity contribution in [2.75, 3.05) is 23.7 Å². The number of rotatable bonds is 4. The van der Waals surface area contributed by atoms with Crippen LogP contribution in [0.3, 0.4) is 0 Å². The van der Waals surface area contributed by atoms with Gasteiger partial charge in [0.2, 0.25) is 5.91 Å². The lowest BCUT2D eigenvalue weighted by Crippen LogP contribution is -2.42. The van der Waals surface area contributed by atoms with Crippen LogP contribution in [0.15, 0.2) is 29.4 Å². The van der Waals surface area contributed by atoms with Crippen molar-refractivity contribution in [2.24, 2.45) is 7.05 Å². The third-order valence-electron chi connectivity index (χ3n) is 4.36. The number of amides is 1. The fourth-order valence-corrected chi connectivity index (χ4v) is 3.90. The Morgan fingerprint density at radius 2 is 2.16 bits per heavy atom. The molecule has 1 aliphatic rings. The molecule has 0 saturated carbocycles. The number of aromatic nitrogens is 2. The molecule has 1 aliphatic heterocycles. The van der Waals surface area contributed by atoms with Crippen LogP contribution in [0.5, 0.6) is 0 Å². The molecule has 2 heterocycles. The van der Waals surface area contributed by atoms with Crippen LogP contribution in [0.4, 0.5) is 11.4 Å². The first-order valence-corrected chi connectivity index (χ1v) is 9.45. The lowest BCUT2D eigenvalue weighted by molar-refractivity contribution is -0.117. The molecule has 1 amide bonds. The summed E-state index contributed by atoms with van der Waals surface area (Å²) in [6.45, 7) is 1.92. The van der Waals surface area contributed by atoms with Gasteiger partial charge in [0.05, 0.1) is 6.54 Å². The zero-order valence-electron chi connectivity index (χ0n) is 14.2. The number of carbonyl (C=O) groups is 1. The maximum atomic E-state index is 12.6. The van der Waals surface area contributed by atoms with Crippen molar-refractivity contribution in [3.63, 3.8) is 0 Å². The van der Waals surface area contributed by atoms with E-state index in [9.17, 15) is 13.2 Å². The topological polar surface area (TPSA) is 110 Å². The highest BCUT2D eigenvalue weighted by molar-refractivity contribution is 7.89. The van der Waals surface area contributed by atoms with E-state index < -0.39 is 10.0 Å². The number of fused-ring (bicyclic) bond motifs is 1. The van der Waals surface area contributed by atoms with Gasteiger partial charge in [0, 0.05) is 31.2 Å². The summed E-state index contributed by atoms with van der Waals surface area (Å²) in [5, 5.41) is -0.0939. The van der Waals surface area contributed by atoms with E-state index in [-0.39, 0.29) is 17.5 Å². The van der Waals surface area contributed by atoms with Gasteiger partial charge in [0.25, 0.3) is 10.0 Å². The first-order valence-electron chi connectivity index (χ1n) is 7.97. The summed E-state index contributed by atoms with van der Waals surface area (Å²) >= 11 is 0. The number of imidazole rings is 1. The van der Waals surface area contributed by atoms with E-state index in [1.165, 1.54) is 6.20 Å². The first-order chi connectivity index (χ1) is 11.8. The Labute approximate surface area is 146 Å². The van der Waals surface area contributed by atoms with E-state index in [0.717, 1.165) is 24.1 Å². The van der Waals surface area contributed by atoms with Crippen molar-refractivity contribution in [3.8, 4) is 0 Å². The van der Waals surface area contributed by atoms with Crippen LogP contribution in [0.1, 0.15) is 17.8 Å². The van der Waals surface area contributed by atoms with Crippen LogP contribution in [0, 0.1) is 6.92 Å². The van der Waals surface area contributed by atoms with Crippen LogP contribution in [0.2, 0.25) is 0 Å². The first kappa shape index (κ1) is 17.4. The molecule has 3 rings (SSSR count). The monoisotopic (exact) mass is 363 g/mol. The predicted octanol–water partition coefficient (Wildman–Crippen LogP) is 0.568. The summed E-state index contributed by atoms with van der Waals surface area (Å²) in [4.78, 5) is 18.1. The number of anilines is 2. The third kappa shape index (κ3) is 3.38. The maximum Gasteiger partial charge on any atom is 0.260 e. The predicted molar refractivity (Wildman–Crippen MR) is 94.7 cm³/mol. The van der Waals surface area contributed by atoms with Gasteiger partial charge >= 0.3 is 0 Å². The van der Waals surface area contributed by atoms with Gasteiger partial charge in [0.1, 0.15) is 5.82 Å². The summed E-state index contributed by atoms with van der Waals surface area (Å²) in [5.74, 6) is 0.259. The minimum atomic E-state index is -3.84. The number of nitrogens with zero attached hydrogens (tertiary/aromatic N) is 3. The highest BCUT2D eigenvalue weighted by Crippen LogP contribution is 2.31. The Morgan fingerprint density at radius 3 is 2.84 bits per heavy atom. The third-order valence-corrected chi connectivity index (χ3v) is 5.63. The molecule has 3 N–H and O–H groups in total. The molecular weight excluding hydrogens is 342 g/mol. The molecule has 9 heteroatoms. The summed E-state index contributed by atoms with van der Waals surface area (Å²) in [6.07, 6.45) is 3.02. The van der Waals surface area contributed by atoms with Crippen molar-refractivity contribution >= 4 is 27.3 Å². The van der Waals surface area contributed by atoms with Crippen molar-refractivity contribution < 1.29 is 13.2 Å². The largest absolute Gasteiger partial charge is 0.398 e. The average molecular weight is 363 g/mol. The number of aryl methyl sites for hydroxylation is 2. The molecule has 0 spiro atoms. The Hall–Kier alpha value is -2.39. The molecule has 0 unspecified atom stereocenters. The van der Waals surface area contributed by atoms with Crippen molar-refractivity contribution in [3.05, 3.63) is 35.8 Å². The zero-order chi connectivity index (χ0) is 18.2. The number of hydrogen-bond donors (Lipinski definition) is 2. The Morgan fingerprint density at radius 1 is 1.40 bits per heavy atom. The molecule has 0 atom stereocenters. The normalized spacial score (nSPS) is 14.4. The maximum absolute atomic E-state index is 12.6. The van der Waals surface area contributed by atoms with E-state index in [1.54, 1.807) is 35.6 Å². The highest BCUT2D eigenvalue weighted by Gasteiger charge is 2.26. The molecule has 1 aromatic carbocycles. The summed E-state index contributed by atoms with van der Waals surface area (Å²) in [5.41, 5.74) is 8.32. The van der Waals surface area contributed by atoms with E-state index >= 15 is 0 Å². The van der Waals surface area contributed by atoms with E-state index in [0.29, 0.717) is 18.1 Å². The average Bonchev–Trinajstić information content (AvgIpc) is 2.93. The van der Waals surface area contributed by atoms with Crippen molar-refractivity contribution in [2.45, 2.75) is 24.8 Å². The molecule has 1 aromatic heterocycles. The van der Waals surface area contributed by atoms with E-state index in [4.69, 9.17) is 5.73 Å². The lowest BCUT2D eigenvalue weighted by Gasteiger charge is -2.30. The van der Waals surface area contributed by atoms with Gasteiger partial charge in [-0.05, 0) is 37.5 Å². The molecule has 134 valence electrons. The van der Waals surface area contributed by atoms with Gasteiger partial charge in [-0.1, -0.05) is 6.07 Å². The minimum Gasteiger partial charge on any atom is -0.398 e. The summed E-state index contributed by atoms with van der Waals surface area (Å²) < 4.78 is 28.6. The molecule has 0 fully saturated rings. The molecule has 0 radical (unpaired) electrons. The van der Waals surface area contributed by atoms with Crippen LogP contribution < -0.4 is 15.4 Å². The number of nitrogens with two attached hydrogens (primary N) is 1. The second-order valence-electron chi connectivity index (χ2n) is 6.06. The standard InChI is InChI=1S/C16H21N5O3S/c1-11-19-15(10-20(11)2)25(23,24)18-9-16(22)21-8-4-5-12-13(17)6-3-7-14(12)21/h3,6-7,10,18H,4-5,8-9,17H2,1-2H3.